The number of benzene rings is 1. The molecular weight excluding hydrogens is 595 g/mol. The Morgan fingerprint density at radius 3 is 2.28 bits per heavy atom. The van der Waals surface area contributed by atoms with Gasteiger partial charge in [0.05, 0.1) is 12.1 Å². The highest BCUT2D eigenvalue weighted by Gasteiger charge is 2.32. The fourth-order valence-electron chi connectivity index (χ4n) is 5.89. The highest BCUT2D eigenvalue weighted by atomic mass is 32.1. The Balaban J connectivity index is 0.00000139. The third-order valence-corrected chi connectivity index (χ3v) is 9.55. The second-order valence-corrected chi connectivity index (χ2v) is 13.9. The fraction of sp³-hybridized carbons (Fsp3) is 0.553. The van der Waals surface area contributed by atoms with Crippen LogP contribution in [0.15, 0.2) is 36.4 Å². The lowest BCUT2D eigenvalue weighted by atomic mass is 9.91. The van der Waals surface area contributed by atoms with E-state index in [1.165, 1.54) is 9.75 Å². The molecule has 5 rings (SSSR count). The Bertz CT molecular complexity index is 1440. The van der Waals surface area contributed by atoms with Crippen LogP contribution in [0.2, 0.25) is 0 Å². The van der Waals surface area contributed by atoms with Crippen molar-refractivity contribution in [2.75, 3.05) is 19.6 Å². The number of aryl methyl sites for hydroxylation is 2. The highest BCUT2D eigenvalue weighted by molar-refractivity contribution is 7.12. The van der Waals surface area contributed by atoms with Gasteiger partial charge in [0.2, 0.25) is 5.88 Å². The van der Waals surface area contributed by atoms with Gasteiger partial charge in [0, 0.05) is 47.1 Å². The van der Waals surface area contributed by atoms with Gasteiger partial charge in [-0.15, -0.1) is 11.3 Å². The van der Waals surface area contributed by atoms with E-state index in [4.69, 9.17) is 14.5 Å². The minimum absolute atomic E-state index is 0.102. The zero-order chi connectivity index (χ0) is 34.0. The summed E-state index contributed by atoms with van der Waals surface area (Å²) in [4.78, 5) is 37.4. The number of likely N-dealkylation sites (tertiary alicyclic amines) is 1. The number of pyridine rings is 1. The molecule has 4 heterocycles. The number of aromatic nitrogens is 1. The molecule has 0 radical (unpaired) electrons. The van der Waals surface area contributed by atoms with Gasteiger partial charge >= 0.3 is 6.09 Å². The smallest absolute Gasteiger partial charge is 0.410 e. The molecule has 0 saturated carbocycles. The predicted octanol–water partition coefficient (Wildman–Crippen LogP) is 9.09. The molecule has 2 aliphatic rings. The van der Waals surface area contributed by atoms with Crippen molar-refractivity contribution in [3.8, 4) is 5.88 Å². The number of fused-ring (bicyclic) bond motifs is 1. The lowest BCUT2D eigenvalue weighted by Gasteiger charge is -2.33. The first-order chi connectivity index (χ1) is 22.0. The normalized spacial score (nSPS) is 14.9. The molecular formula is C38H55N3O4S. The van der Waals surface area contributed by atoms with Crippen LogP contribution in [0, 0.1) is 26.7 Å². The monoisotopic (exact) mass is 649 g/mol. The molecule has 0 spiro atoms. The number of amides is 2. The van der Waals surface area contributed by atoms with Gasteiger partial charge in [-0.05, 0) is 89.5 Å². The van der Waals surface area contributed by atoms with Crippen molar-refractivity contribution in [2.45, 2.75) is 114 Å². The summed E-state index contributed by atoms with van der Waals surface area (Å²) in [5, 5.41) is 0. The molecule has 7 nitrogen and oxygen atoms in total. The molecule has 2 aromatic heterocycles. The van der Waals surface area contributed by atoms with Gasteiger partial charge in [0.1, 0.15) is 12.2 Å². The molecule has 0 bridgehead atoms. The van der Waals surface area contributed by atoms with Crippen molar-refractivity contribution in [2.24, 2.45) is 5.92 Å². The second kappa shape index (κ2) is 17.0. The van der Waals surface area contributed by atoms with Gasteiger partial charge in [-0.1, -0.05) is 58.0 Å². The number of thiophene rings is 1. The van der Waals surface area contributed by atoms with Crippen molar-refractivity contribution in [1.82, 2.24) is 14.8 Å². The Labute approximate surface area is 281 Å². The maximum atomic E-state index is 13.9. The molecule has 0 unspecified atom stereocenters. The van der Waals surface area contributed by atoms with Gasteiger partial charge in [-0.2, -0.15) is 0 Å². The summed E-state index contributed by atoms with van der Waals surface area (Å²) >= 11 is 1.81. The zero-order valence-electron chi connectivity index (χ0n) is 29.8. The summed E-state index contributed by atoms with van der Waals surface area (Å²) in [7, 11) is 0. The first-order valence-electron chi connectivity index (χ1n) is 17.0. The molecule has 0 N–H and O–H groups in total. The van der Waals surface area contributed by atoms with Crippen molar-refractivity contribution >= 4 is 23.3 Å². The van der Waals surface area contributed by atoms with E-state index in [0.29, 0.717) is 31.5 Å². The number of carbonyl (C=O) groups is 2. The van der Waals surface area contributed by atoms with Crippen molar-refractivity contribution in [3.63, 3.8) is 0 Å². The lowest BCUT2D eigenvalue weighted by Crippen LogP contribution is -2.42. The maximum absolute atomic E-state index is 13.9. The average Bonchev–Trinajstić information content (AvgIpc) is 3.35. The summed E-state index contributed by atoms with van der Waals surface area (Å²) in [5.74, 6) is 1.21. The standard InChI is InChI=1S/C34H43N3O4S.2C2H6/c1-22-18-23(2)35-31(40-21-26-10-8-7-9-11-26)27(22)20-37-17-14-28-30(32(37)38)24(3)29(42-28)19-25-12-15-36(16-13-25)33(39)41-34(4,5)6;2*1-2/h7-11,18,25H,12-17,19-21H2,1-6H3;2*1-2H3. The van der Waals surface area contributed by atoms with E-state index in [0.717, 1.165) is 72.3 Å². The Kier molecular flexibility index (Phi) is 13.7. The van der Waals surface area contributed by atoms with Crippen LogP contribution < -0.4 is 4.74 Å². The largest absolute Gasteiger partial charge is 0.473 e. The van der Waals surface area contributed by atoms with E-state index in [-0.39, 0.29) is 12.0 Å². The second-order valence-electron chi connectivity index (χ2n) is 12.7. The van der Waals surface area contributed by atoms with E-state index in [1.54, 1.807) is 11.3 Å². The Morgan fingerprint density at radius 1 is 1.00 bits per heavy atom. The topological polar surface area (TPSA) is 72.0 Å². The minimum atomic E-state index is -0.479. The third-order valence-electron chi connectivity index (χ3n) is 8.17. The van der Waals surface area contributed by atoms with Crippen LogP contribution in [0.5, 0.6) is 5.88 Å². The van der Waals surface area contributed by atoms with Crippen molar-refractivity contribution in [3.05, 3.63) is 79.7 Å². The highest BCUT2D eigenvalue weighted by Crippen LogP contribution is 2.37. The molecule has 252 valence electrons. The van der Waals surface area contributed by atoms with Crippen LogP contribution in [0.25, 0.3) is 0 Å². The number of piperidine rings is 1. The SMILES string of the molecule is CC.CC.Cc1cc(C)c(CN2CCc3sc(CC4CCN(C(=O)OC(C)(C)C)CC4)c(C)c3C2=O)c(OCc2ccccc2)n1. The van der Waals surface area contributed by atoms with Crippen LogP contribution in [0.1, 0.15) is 109 Å². The van der Waals surface area contributed by atoms with E-state index >= 15 is 0 Å². The van der Waals surface area contributed by atoms with Crippen LogP contribution in [-0.2, 0) is 30.7 Å². The van der Waals surface area contributed by atoms with E-state index in [2.05, 4.69) is 19.9 Å². The van der Waals surface area contributed by atoms with Gasteiger partial charge < -0.3 is 19.3 Å². The molecule has 46 heavy (non-hydrogen) atoms. The van der Waals surface area contributed by atoms with Crippen molar-refractivity contribution < 1.29 is 19.1 Å². The summed E-state index contributed by atoms with van der Waals surface area (Å²) in [6, 6.07) is 12.1. The number of rotatable bonds is 7. The molecule has 0 aliphatic carbocycles. The number of hydrogen-bond acceptors (Lipinski definition) is 6. The molecule has 1 saturated heterocycles. The number of nitrogens with zero attached hydrogens (tertiary/aromatic N) is 3. The average molecular weight is 650 g/mol. The van der Waals surface area contributed by atoms with Crippen molar-refractivity contribution in [1.29, 1.82) is 0 Å². The molecule has 2 amide bonds. The first kappa shape index (κ1) is 37.1. The van der Waals surface area contributed by atoms with Gasteiger partial charge in [-0.25, -0.2) is 9.78 Å². The predicted molar refractivity (Wildman–Crippen MR) is 189 cm³/mol. The first-order valence-corrected chi connectivity index (χ1v) is 17.8. The molecule has 2 aliphatic heterocycles. The van der Waals surface area contributed by atoms with Gasteiger partial charge in [0.15, 0.2) is 0 Å². The molecule has 1 fully saturated rings. The molecule has 0 atom stereocenters. The van der Waals surface area contributed by atoms with Crippen LogP contribution in [0.4, 0.5) is 4.79 Å². The van der Waals surface area contributed by atoms with Gasteiger partial charge in [0.25, 0.3) is 5.91 Å². The summed E-state index contributed by atoms with van der Waals surface area (Å²) < 4.78 is 11.8. The molecule has 1 aromatic carbocycles. The summed E-state index contributed by atoms with van der Waals surface area (Å²) in [6.45, 7) is 22.9. The zero-order valence-corrected chi connectivity index (χ0v) is 30.6. The molecule has 3 aromatic rings. The third kappa shape index (κ3) is 9.57. The Hall–Kier alpha value is -3.39. The van der Waals surface area contributed by atoms with E-state index in [1.807, 2.05) is 95.5 Å². The minimum Gasteiger partial charge on any atom is -0.473 e. The van der Waals surface area contributed by atoms with Crippen LogP contribution in [0.3, 0.4) is 0 Å². The van der Waals surface area contributed by atoms with E-state index in [9.17, 15) is 9.59 Å². The summed E-state index contributed by atoms with van der Waals surface area (Å²) in [6.07, 6.45) is 3.50. The quantitative estimate of drug-likeness (QED) is 0.255. The number of ether oxygens (including phenoxy) is 2. The fourth-order valence-corrected chi connectivity index (χ4v) is 7.30. The Morgan fingerprint density at radius 2 is 1.65 bits per heavy atom. The maximum Gasteiger partial charge on any atom is 0.410 e. The molecule has 8 heteroatoms. The summed E-state index contributed by atoms with van der Waals surface area (Å²) in [5.41, 5.74) is 5.58. The van der Waals surface area contributed by atoms with Gasteiger partial charge in [-0.3, -0.25) is 4.79 Å². The lowest BCUT2D eigenvalue weighted by molar-refractivity contribution is 0.0184. The van der Waals surface area contributed by atoms with Crippen LogP contribution in [-0.4, -0.2) is 52.0 Å². The number of carbonyl (C=O) groups excluding carboxylic acids is 2. The number of hydrogen-bond donors (Lipinski definition) is 0. The van der Waals surface area contributed by atoms with Crippen LogP contribution >= 0.6 is 11.3 Å². The van der Waals surface area contributed by atoms with E-state index < -0.39 is 5.60 Å².